The lowest BCUT2D eigenvalue weighted by molar-refractivity contribution is -0.141. The summed E-state index contributed by atoms with van der Waals surface area (Å²) in [7, 11) is 1.72. The number of imide groups is 2. The number of para-hydroxylation sites is 1. The zero-order valence-corrected chi connectivity index (χ0v) is 32.4. The lowest BCUT2D eigenvalue weighted by atomic mass is 9.51. The third-order valence-corrected chi connectivity index (χ3v) is 14.5. The number of aryl methyl sites for hydroxylation is 2. The number of nitrogens with zero attached hydrogens (tertiary/aromatic N) is 4. The Bertz CT molecular complexity index is 2450. The summed E-state index contributed by atoms with van der Waals surface area (Å²) >= 11 is 9.38. The molecule has 6 atom stereocenters. The van der Waals surface area contributed by atoms with Crippen molar-refractivity contribution in [3.63, 3.8) is 0 Å². The van der Waals surface area contributed by atoms with E-state index in [2.05, 4.69) is 0 Å². The highest BCUT2D eigenvalue weighted by molar-refractivity contribution is 7.22. The fourth-order valence-corrected chi connectivity index (χ4v) is 11.6. The van der Waals surface area contributed by atoms with Gasteiger partial charge in [-0.25, -0.2) is 4.90 Å². The average molecular weight is 781 g/mol. The molecule has 4 amide bonds. The number of carbonyl (C=O) groups is 4. The maximum Gasteiger partial charge on any atom is 0.242 e. The van der Waals surface area contributed by atoms with Crippen molar-refractivity contribution in [1.29, 1.82) is 0 Å². The average Bonchev–Trinajstić information content (AvgIpc) is 3.96. The molecule has 54 heavy (non-hydrogen) atoms. The van der Waals surface area contributed by atoms with Crippen LogP contribution in [0.4, 0.5) is 5.82 Å². The monoisotopic (exact) mass is 780 g/mol. The molecule has 13 heteroatoms. The number of thiophene rings is 2. The second-order valence-corrected chi connectivity index (χ2v) is 17.4. The predicted octanol–water partition coefficient (Wildman–Crippen LogP) is 7.86. The Labute approximate surface area is 324 Å². The van der Waals surface area contributed by atoms with Crippen molar-refractivity contribution >= 4 is 73.8 Å². The highest BCUT2D eigenvalue weighted by Gasteiger charge is 2.68. The summed E-state index contributed by atoms with van der Waals surface area (Å²) in [5.41, 5.74) is 1.53. The highest BCUT2D eigenvalue weighted by Crippen LogP contribution is 2.65. The molecule has 5 aromatic rings. The van der Waals surface area contributed by atoms with Gasteiger partial charge in [-0.3, -0.25) is 28.8 Å². The maximum atomic E-state index is 15.2. The molecule has 4 aliphatic rings. The van der Waals surface area contributed by atoms with Crippen LogP contribution in [-0.4, -0.2) is 50.0 Å². The van der Waals surface area contributed by atoms with Gasteiger partial charge in [0.15, 0.2) is 11.5 Å². The van der Waals surface area contributed by atoms with Crippen LogP contribution in [0.15, 0.2) is 71.6 Å². The van der Waals surface area contributed by atoms with E-state index in [-0.39, 0.29) is 36.3 Å². The van der Waals surface area contributed by atoms with Crippen molar-refractivity contribution in [2.24, 2.45) is 36.1 Å². The largest absolute Gasteiger partial charge is 0.504 e. The van der Waals surface area contributed by atoms with Gasteiger partial charge in [-0.2, -0.15) is 5.10 Å². The van der Waals surface area contributed by atoms with Crippen molar-refractivity contribution in [2.45, 2.75) is 46.1 Å². The van der Waals surface area contributed by atoms with Gasteiger partial charge >= 0.3 is 0 Å². The number of likely N-dealkylation sites (tertiary alicyclic amines) is 1. The first kappa shape index (κ1) is 35.0. The van der Waals surface area contributed by atoms with Crippen molar-refractivity contribution in [3.8, 4) is 22.1 Å². The molecule has 276 valence electrons. The van der Waals surface area contributed by atoms with Gasteiger partial charge in [0, 0.05) is 39.2 Å². The number of ether oxygens (including phenoxy) is 1. The van der Waals surface area contributed by atoms with Gasteiger partial charge in [-0.15, -0.1) is 22.7 Å². The molecule has 3 fully saturated rings. The van der Waals surface area contributed by atoms with Gasteiger partial charge in [0.2, 0.25) is 23.6 Å². The lowest BCUT2D eigenvalue weighted by Gasteiger charge is -2.49. The first-order valence-corrected chi connectivity index (χ1v) is 20.1. The predicted molar refractivity (Wildman–Crippen MR) is 208 cm³/mol. The number of amides is 4. The number of phenols is 1. The van der Waals surface area contributed by atoms with Crippen LogP contribution >= 0.6 is 34.3 Å². The van der Waals surface area contributed by atoms with E-state index in [0.717, 1.165) is 31.0 Å². The van der Waals surface area contributed by atoms with E-state index in [0.29, 0.717) is 35.1 Å². The number of allylic oxidation sites excluding steroid dienone is 2. The van der Waals surface area contributed by atoms with Crippen LogP contribution in [0, 0.1) is 36.0 Å². The number of hydrogen-bond donors (Lipinski definition) is 1. The van der Waals surface area contributed by atoms with Crippen molar-refractivity contribution < 1.29 is 29.0 Å². The molecule has 2 aliphatic carbocycles. The minimum atomic E-state index is -1.34. The van der Waals surface area contributed by atoms with E-state index in [1.54, 1.807) is 54.3 Å². The molecule has 2 saturated heterocycles. The second kappa shape index (κ2) is 12.6. The van der Waals surface area contributed by atoms with E-state index in [4.69, 9.17) is 21.4 Å². The Morgan fingerprint density at radius 1 is 1.04 bits per heavy atom. The van der Waals surface area contributed by atoms with Crippen molar-refractivity contribution in [3.05, 3.63) is 92.7 Å². The fraction of sp³-hybridized carbons (Fsp3) is 0.341. The topological polar surface area (TPSA) is 122 Å². The van der Waals surface area contributed by atoms with Crippen LogP contribution in [0.25, 0.3) is 20.7 Å². The van der Waals surface area contributed by atoms with Gasteiger partial charge in [0.25, 0.3) is 0 Å². The summed E-state index contributed by atoms with van der Waals surface area (Å²) < 4.78 is 8.41. The summed E-state index contributed by atoms with van der Waals surface area (Å²) in [6.45, 7) is 6.15. The summed E-state index contributed by atoms with van der Waals surface area (Å²) in [6.07, 6.45) is 2.52. The van der Waals surface area contributed by atoms with Gasteiger partial charge in [-0.05, 0) is 86.2 Å². The minimum Gasteiger partial charge on any atom is -0.504 e. The maximum absolute atomic E-state index is 15.2. The molecular weight excluding hydrogens is 744 g/mol. The quantitative estimate of drug-likeness (QED) is 0.132. The van der Waals surface area contributed by atoms with E-state index >= 15 is 4.79 Å². The van der Waals surface area contributed by atoms with E-state index < -0.39 is 46.8 Å². The molecule has 1 N–H and O–H groups in total. The minimum absolute atomic E-state index is 0.108. The molecule has 2 aliphatic heterocycles. The van der Waals surface area contributed by atoms with Gasteiger partial charge in [-0.1, -0.05) is 41.4 Å². The first-order valence-electron chi connectivity index (χ1n) is 18.1. The number of benzene rings is 2. The number of anilines is 1. The number of halogens is 1. The van der Waals surface area contributed by atoms with Crippen LogP contribution in [0.2, 0.25) is 5.02 Å². The Morgan fingerprint density at radius 2 is 1.85 bits per heavy atom. The summed E-state index contributed by atoms with van der Waals surface area (Å²) in [5, 5.41) is 20.1. The fourth-order valence-electron chi connectivity index (χ4n) is 9.62. The van der Waals surface area contributed by atoms with Crippen LogP contribution < -0.4 is 9.64 Å². The van der Waals surface area contributed by atoms with Gasteiger partial charge in [0.05, 0.1) is 41.2 Å². The van der Waals surface area contributed by atoms with Gasteiger partial charge in [0.1, 0.15) is 11.5 Å². The Hall–Kier alpha value is -4.78. The highest BCUT2D eigenvalue weighted by atomic mass is 35.5. The molecule has 5 heterocycles. The molecule has 6 unspecified atom stereocenters. The molecule has 3 aromatic heterocycles. The molecule has 2 aromatic carbocycles. The molecule has 0 spiro atoms. The lowest BCUT2D eigenvalue weighted by Crippen LogP contribution is -2.49. The smallest absolute Gasteiger partial charge is 0.242 e. The summed E-state index contributed by atoms with van der Waals surface area (Å²) in [4.78, 5) is 62.6. The van der Waals surface area contributed by atoms with E-state index in [9.17, 15) is 19.5 Å². The SMILES string of the molecule is CCOc1cccc(C2C3=CCC4C(=O)N(Cc5cccs5)C(=O)C4C3CC3C(=O)N(c4cc(-c5sc6ccc(Cl)cc6c5C)nn4C)C(=O)C32C)c1O. The number of phenolic OH excluding ortho intramolecular Hbond substituents is 1. The molecule has 0 radical (unpaired) electrons. The number of fused-ring (bicyclic) bond motifs is 5. The van der Waals surface area contributed by atoms with Crippen LogP contribution in [0.5, 0.6) is 11.5 Å². The van der Waals surface area contributed by atoms with E-state index in [1.165, 1.54) is 21.1 Å². The Balaban J connectivity index is 1.16. The zero-order chi connectivity index (χ0) is 37.8. The molecule has 1 saturated carbocycles. The second-order valence-electron chi connectivity index (χ2n) is 14.8. The molecule has 9 rings (SSSR count). The van der Waals surface area contributed by atoms with Crippen molar-refractivity contribution in [1.82, 2.24) is 14.7 Å². The first-order chi connectivity index (χ1) is 25.9. The Morgan fingerprint density at radius 3 is 2.61 bits per heavy atom. The normalized spacial score (nSPS) is 26.4. The van der Waals surface area contributed by atoms with Crippen LogP contribution in [-0.2, 0) is 32.8 Å². The number of carbonyl (C=O) groups excluding carboxylic acids is 4. The standard InChI is InChI=1S/C41H37ClN4O6S2/c1-5-52-30-10-6-9-25(35(30)47)34-23-12-13-24-33(39(50)45(37(24)48)19-22-8-7-15-53-22)27(23)17-28-38(49)46(40(51)41(28,34)3)32-18-29(43-44(32)4)36-20(2)26-16-21(42)11-14-31(26)54-36/h6-12,14-16,18,24,27-28,33-34,47H,5,13,17,19H2,1-4H3. The summed E-state index contributed by atoms with van der Waals surface area (Å²) in [5.74, 6) is -4.16. The number of aromatic hydroxyl groups is 1. The molecule has 10 nitrogen and oxygen atoms in total. The van der Waals surface area contributed by atoms with E-state index in [1.807, 2.05) is 55.6 Å². The third kappa shape index (κ3) is 4.92. The third-order valence-electron chi connectivity index (χ3n) is 12.1. The number of hydrogen-bond acceptors (Lipinski definition) is 9. The zero-order valence-electron chi connectivity index (χ0n) is 30.0. The molecule has 0 bridgehead atoms. The van der Waals surface area contributed by atoms with Gasteiger partial charge < -0.3 is 9.84 Å². The van der Waals surface area contributed by atoms with Crippen molar-refractivity contribution in [2.75, 3.05) is 11.5 Å². The van der Waals surface area contributed by atoms with Crippen LogP contribution in [0.3, 0.4) is 0 Å². The number of rotatable bonds is 7. The Kier molecular flexibility index (Phi) is 8.18. The number of aromatic nitrogens is 2. The molecular formula is C41H37ClN4O6S2. The summed E-state index contributed by atoms with van der Waals surface area (Å²) in [6, 6.07) is 16.5. The van der Waals surface area contributed by atoms with Crippen LogP contribution in [0.1, 0.15) is 48.6 Å².